The molecule has 4 aliphatic rings. The first-order valence-corrected chi connectivity index (χ1v) is 14.0. The molecule has 1 N–H and O–H groups in total. The summed E-state index contributed by atoms with van der Waals surface area (Å²) < 4.78 is 5.61. The SMILES string of the molecule is CC(=O)O[C@@H]1CC[C@@]2(C)[C@@H](CCC3=C4CC[C@H]([C@H](C)CC[C@H](C)C(C)C)[C@@]4(C)C[C@@H](O)[C@@H]32)C1. The number of hydrogen-bond acceptors (Lipinski definition) is 3. The van der Waals surface area contributed by atoms with Gasteiger partial charge in [0.15, 0.2) is 0 Å². The van der Waals surface area contributed by atoms with Gasteiger partial charge in [0.2, 0.25) is 0 Å². The van der Waals surface area contributed by atoms with Gasteiger partial charge in [-0.2, -0.15) is 0 Å². The van der Waals surface area contributed by atoms with Crippen molar-refractivity contribution in [3.63, 3.8) is 0 Å². The number of esters is 1. The third-order valence-electron chi connectivity index (χ3n) is 11.2. The van der Waals surface area contributed by atoms with Crippen LogP contribution in [0.3, 0.4) is 0 Å². The van der Waals surface area contributed by atoms with Crippen molar-refractivity contribution in [2.75, 3.05) is 0 Å². The lowest BCUT2D eigenvalue weighted by molar-refractivity contribution is -0.154. The van der Waals surface area contributed by atoms with Crippen molar-refractivity contribution in [2.45, 2.75) is 125 Å². The third-order valence-corrected chi connectivity index (χ3v) is 11.2. The lowest BCUT2D eigenvalue weighted by atomic mass is 9.48. The van der Waals surface area contributed by atoms with E-state index in [4.69, 9.17) is 4.74 Å². The summed E-state index contributed by atoms with van der Waals surface area (Å²) in [5.41, 5.74) is 3.72. The van der Waals surface area contributed by atoms with Crippen molar-refractivity contribution in [2.24, 2.45) is 46.3 Å². The van der Waals surface area contributed by atoms with E-state index in [2.05, 4.69) is 41.5 Å². The molecule has 0 saturated heterocycles. The second-order valence-corrected chi connectivity index (χ2v) is 13.3. The third kappa shape index (κ3) is 4.45. The first-order valence-electron chi connectivity index (χ1n) is 14.0. The topological polar surface area (TPSA) is 46.5 Å². The second kappa shape index (κ2) is 9.32. The molecule has 0 unspecified atom stereocenters. The molecule has 188 valence electrons. The Balaban J connectivity index is 1.54. The van der Waals surface area contributed by atoms with Crippen LogP contribution in [0.25, 0.3) is 0 Å². The summed E-state index contributed by atoms with van der Waals surface area (Å²) >= 11 is 0. The molecule has 0 aliphatic heterocycles. The molecule has 3 fully saturated rings. The number of fused-ring (bicyclic) bond motifs is 4. The highest BCUT2D eigenvalue weighted by molar-refractivity contribution is 5.66. The largest absolute Gasteiger partial charge is 0.463 e. The number of carbonyl (C=O) groups excluding carboxylic acids is 1. The van der Waals surface area contributed by atoms with Crippen molar-refractivity contribution >= 4 is 5.97 Å². The van der Waals surface area contributed by atoms with Crippen LogP contribution in [0.15, 0.2) is 11.1 Å². The summed E-state index contributed by atoms with van der Waals surface area (Å²) in [6, 6.07) is 0. The molecule has 3 heteroatoms. The average molecular weight is 459 g/mol. The molecule has 4 aliphatic carbocycles. The molecular formula is C30H50O3. The van der Waals surface area contributed by atoms with Crippen LogP contribution in [0, 0.1) is 46.3 Å². The Bertz CT molecular complexity index is 769. The lowest BCUT2D eigenvalue weighted by Crippen LogP contribution is -2.53. The Labute approximate surface area is 203 Å². The van der Waals surface area contributed by atoms with Gasteiger partial charge in [-0.15, -0.1) is 0 Å². The fourth-order valence-corrected chi connectivity index (χ4v) is 8.93. The number of rotatable bonds is 6. The first kappa shape index (κ1) is 25.3. The van der Waals surface area contributed by atoms with Gasteiger partial charge in [0.1, 0.15) is 6.10 Å². The Hall–Kier alpha value is -0.830. The van der Waals surface area contributed by atoms with Gasteiger partial charge in [0, 0.05) is 12.8 Å². The number of carbonyl (C=O) groups is 1. The van der Waals surface area contributed by atoms with Crippen LogP contribution in [0.5, 0.6) is 0 Å². The van der Waals surface area contributed by atoms with Crippen LogP contribution in [0.2, 0.25) is 0 Å². The van der Waals surface area contributed by atoms with E-state index >= 15 is 0 Å². The molecular weight excluding hydrogens is 408 g/mol. The predicted octanol–water partition coefficient (Wildman–Crippen LogP) is 7.32. The van der Waals surface area contributed by atoms with E-state index in [1.165, 1.54) is 39.0 Å². The van der Waals surface area contributed by atoms with Gasteiger partial charge in [-0.25, -0.2) is 0 Å². The number of allylic oxidation sites excluding steroid dienone is 1. The van der Waals surface area contributed by atoms with Gasteiger partial charge in [0.25, 0.3) is 0 Å². The van der Waals surface area contributed by atoms with Crippen molar-refractivity contribution < 1.29 is 14.6 Å². The fourth-order valence-electron chi connectivity index (χ4n) is 8.93. The zero-order valence-corrected chi connectivity index (χ0v) is 22.5. The Kier molecular flexibility index (Phi) is 7.14. The highest BCUT2D eigenvalue weighted by atomic mass is 16.5. The van der Waals surface area contributed by atoms with Crippen LogP contribution in [-0.4, -0.2) is 23.3 Å². The summed E-state index contributed by atoms with van der Waals surface area (Å²) in [7, 11) is 0. The van der Waals surface area contributed by atoms with Crippen LogP contribution in [-0.2, 0) is 9.53 Å². The van der Waals surface area contributed by atoms with Crippen molar-refractivity contribution in [1.82, 2.24) is 0 Å². The summed E-state index contributed by atoms with van der Waals surface area (Å²) in [5.74, 6) is 3.70. The number of aliphatic hydroxyl groups is 1. The molecule has 4 rings (SSSR count). The van der Waals surface area contributed by atoms with E-state index in [1.54, 1.807) is 11.1 Å². The highest BCUT2D eigenvalue weighted by Gasteiger charge is 2.58. The maximum Gasteiger partial charge on any atom is 0.302 e. The first-order chi connectivity index (χ1) is 15.5. The maximum absolute atomic E-state index is 11.7. The van der Waals surface area contributed by atoms with Crippen molar-refractivity contribution in [1.29, 1.82) is 0 Å². The van der Waals surface area contributed by atoms with Crippen LogP contribution in [0.1, 0.15) is 113 Å². The molecule has 3 nitrogen and oxygen atoms in total. The summed E-state index contributed by atoms with van der Waals surface area (Å²) in [4.78, 5) is 11.5. The molecule has 33 heavy (non-hydrogen) atoms. The molecule has 0 aromatic heterocycles. The van der Waals surface area contributed by atoms with Gasteiger partial charge in [-0.3, -0.25) is 4.79 Å². The van der Waals surface area contributed by atoms with E-state index < -0.39 is 0 Å². The molecule has 0 radical (unpaired) electrons. The molecule has 0 heterocycles. The minimum absolute atomic E-state index is 0.0747. The van der Waals surface area contributed by atoms with Gasteiger partial charge in [0.05, 0.1) is 6.10 Å². The Morgan fingerprint density at radius 1 is 1.09 bits per heavy atom. The smallest absolute Gasteiger partial charge is 0.302 e. The van der Waals surface area contributed by atoms with E-state index in [9.17, 15) is 9.90 Å². The molecule has 0 aromatic carbocycles. The van der Waals surface area contributed by atoms with Crippen molar-refractivity contribution in [3.8, 4) is 0 Å². The maximum atomic E-state index is 11.7. The zero-order valence-electron chi connectivity index (χ0n) is 22.5. The Morgan fingerprint density at radius 2 is 1.82 bits per heavy atom. The summed E-state index contributed by atoms with van der Waals surface area (Å²) in [6.45, 7) is 16.1. The number of hydrogen-bond donors (Lipinski definition) is 1. The molecule has 0 amide bonds. The van der Waals surface area contributed by atoms with Gasteiger partial charge < -0.3 is 9.84 Å². The zero-order chi connectivity index (χ0) is 24.1. The quantitative estimate of drug-likeness (QED) is 0.335. The van der Waals surface area contributed by atoms with Gasteiger partial charge in [-0.1, -0.05) is 65.5 Å². The highest BCUT2D eigenvalue weighted by Crippen LogP contribution is 2.66. The predicted molar refractivity (Wildman–Crippen MR) is 135 cm³/mol. The second-order valence-electron chi connectivity index (χ2n) is 13.3. The van der Waals surface area contributed by atoms with E-state index in [0.717, 1.165) is 49.9 Å². The van der Waals surface area contributed by atoms with Gasteiger partial charge >= 0.3 is 5.97 Å². The molecule has 0 spiro atoms. The fraction of sp³-hybridized carbons (Fsp3) is 0.900. The number of aliphatic hydroxyl groups excluding tert-OH is 1. The molecule has 0 bridgehead atoms. The molecule has 3 saturated carbocycles. The summed E-state index contributed by atoms with van der Waals surface area (Å²) in [6.07, 6.45) is 11.3. The van der Waals surface area contributed by atoms with E-state index in [0.29, 0.717) is 17.8 Å². The minimum atomic E-state index is -0.228. The minimum Gasteiger partial charge on any atom is -0.463 e. The van der Waals surface area contributed by atoms with Crippen LogP contribution < -0.4 is 0 Å². The molecule has 9 atom stereocenters. The van der Waals surface area contributed by atoms with Crippen LogP contribution in [0.4, 0.5) is 0 Å². The van der Waals surface area contributed by atoms with Crippen LogP contribution >= 0.6 is 0 Å². The average Bonchev–Trinajstić information content (AvgIpc) is 3.07. The van der Waals surface area contributed by atoms with E-state index in [1.807, 2.05) is 0 Å². The van der Waals surface area contributed by atoms with E-state index in [-0.39, 0.29) is 29.0 Å². The van der Waals surface area contributed by atoms with Gasteiger partial charge in [-0.05, 0) is 91.8 Å². The lowest BCUT2D eigenvalue weighted by Gasteiger charge is -2.58. The number of ether oxygens (including phenoxy) is 1. The monoisotopic (exact) mass is 458 g/mol. The Morgan fingerprint density at radius 3 is 2.48 bits per heavy atom. The summed E-state index contributed by atoms with van der Waals surface area (Å²) in [5, 5.41) is 11.7. The molecule has 0 aromatic rings. The normalized spacial score (nSPS) is 42.4. The van der Waals surface area contributed by atoms with Crippen molar-refractivity contribution in [3.05, 3.63) is 11.1 Å². The standard InChI is InChI=1S/C30H50O3/c1-18(2)19(3)8-9-20(4)25-12-13-26-24-11-10-22-16-23(33-21(5)31)14-15-29(22,6)28(24)27(32)17-30(25,26)7/h18-20,22-23,25,27-28,32H,8-17H2,1-7H3/t19-,20+,22-,23+,25+,27+,28+,29-,30+/m0/s1.